The van der Waals surface area contributed by atoms with Crippen molar-refractivity contribution in [1.82, 2.24) is 5.16 Å². The molecule has 0 aliphatic rings. The van der Waals surface area contributed by atoms with Gasteiger partial charge in [-0.05, 0) is 37.6 Å². The molecule has 0 aliphatic heterocycles. The van der Waals surface area contributed by atoms with Crippen molar-refractivity contribution in [3.05, 3.63) is 41.8 Å². The van der Waals surface area contributed by atoms with E-state index in [9.17, 15) is 4.79 Å². The fourth-order valence-corrected chi connectivity index (χ4v) is 1.83. The summed E-state index contributed by atoms with van der Waals surface area (Å²) in [5.41, 5.74) is 7.46. The van der Waals surface area contributed by atoms with Crippen LogP contribution in [0.1, 0.15) is 29.6 Å². The summed E-state index contributed by atoms with van der Waals surface area (Å²) in [6, 6.07) is 8.85. The van der Waals surface area contributed by atoms with Gasteiger partial charge in [0.25, 0.3) is 5.91 Å². The van der Waals surface area contributed by atoms with Gasteiger partial charge in [-0.1, -0.05) is 12.1 Å². The summed E-state index contributed by atoms with van der Waals surface area (Å²) in [6.07, 6.45) is 0.854. The number of hydrogen-bond acceptors (Lipinski definition) is 4. The zero-order valence-corrected chi connectivity index (χ0v) is 11.1. The van der Waals surface area contributed by atoms with Gasteiger partial charge < -0.3 is 15.2 Å². The van der Waals surface area contributed by atoms with E-state index < -0.39 is 0 Å². The molecule has 5 heteroatoms. The van der Waals surface area contributed by atoms with Gasteiger partial charge in [0.2, 0.25) is 0 Å². The Morgan fingerprint density at radius 2 is 2.05 bits per heavy atom. The first-order valence-electron chi connectivity index (χ1n) is 6.22. The molecule has 0 saturated carbocycles. The van der Waals surface area contributed by atoms with Crippen molar-refractivity contribution < 1.29 is 9.32 Å². The Kier molecular flexibility index (Phi) is 3.85. The molecule has 0 saturated heterocycles. The summed E-state index contributed by atoms with van der Waals surface area (Å²) in [4.78, 5) is 14.1. The summed E-state index contributed by atoms with van der Waals surface area (Å²) in [6.45, 7) is 4.40. The molecule has 0 aliphatic carbocycles. The molecule has 0 unspecified atom stereocenters. The minimum absolute atomic E-state index is 0.163. The van der Waals surface area contributed by atoms with E-state index in [1.165, 1.54) is 0 Å². The van der Waals surface area contributed by atoms with Crippen molar-refractivity contribution in [3.63, 3.8) is 0 Å². The molecule has 0 atom stereocenters. The van der Waals surface area contributed by atoms with Gasteiger partial charge in [0, 0.05) is 24.0 Å². The lowest BCUT2D eigenvalue weighted by molar-refractivity contribution is 0.0978. The van der Waals surface area contributed by atoms with Crippen molar-refractivity contribution in [2.24, 2.45) is 0 Å². The highest BCUT2D eigenvalue weighted by Gasteiger charge is 2.20. The van der Waals surface area contributed by atoms with Gasteiger partial charge in [0.1, 0.15) is 5.76 Å². The highest BCUT2D eigenvalue weighted by Crippen LogP contribution is 2.19. The fourth-order valence-electron chi connectivity index (χ4n) is 1.83. The predicted molar refractivity (Wildman–Crippen MR) is 74.1 cm³/mol. The van der Waals surface area contributed by atoms with Gasteiger partial charge >= 0.3 is 0 Å². The van der Waals surface area contributed by atoms with Gasteiger partial charge in [-0.25, -0.2) is 0 Å². The summed E-state index contributed by atoms with van der Waals surface area (Å²) in [5, 5.41) is 3.77. The number of hydrogen-bond donors (Lipinski definition) is 1. The highest BCUT2D eigenvalue weighted by atomic mass is 16.5. The fraction of sp³-hybridized carbons (Fsp3) is 0.286. The first-order valence-corrected chi connectivity index (χ1v) is 6.22. The van der Waals surface area contributed by atoms with E-state index in [-0.39, 0.29) is 5.91 Å². The second kappa shape index (κ2) is 5.56. The minimum atomic E-state index is -0.163. The van der Waals surface area contributed by atoms with Gasteiger partial charge in [-0.3, -0.25) is 4.79 Å². The van der Waals surface area contributed by atoms with E-state index >= 15 is 0 Å². The number of nitrogen functional groups attached to an aromatic ring is 1. The van der Waals surface area contributed by atoms with E-state index in [1.807, 2.05) is 19.1 Å². The van der Waals surface area contributed by atoms with Crippen LogP contribution < -0.4 is 10.6 Å². The third-order valence-corrected chi connectivity index (χ3v) is 2.74. The highest BCUT2D eigenvalue weighted by molar-refractivity contribution is 6.04. The van der Waals surface area contributed by atoms with Crippen LogP contribution in [-0.4, -0.2) is 17.6 Å². The van der Waals surface area contributed by atoms with Crippen molar-refractivity contribution in [1.29, 1.82) is 0 Å². The Labute approximate surface area is 112 Å². The first-order chi connectivity index (χ1) is 9.11. The Hall–Kier alpha value is -2.30. The maximum absolute atomic E-state index is 12.4. The average molecular weight is 259 g/mol. The maximum atomic E-state index is 12.4. The molecule has 1 heterocycles. The van der Waals surface area contributed by atoms with Crippen LogP contribution >= 0.6 is 0 Å². The van der Waals surface area contributed by atoms with E-state index in [0.29, 0.717) is 23.7 Å². The van der Waals surface area contributed by atoms with E-state index in [2.05, 4.69) is 5.16 Å². The molecular formula is C14H17N3O2. The summed E-state index contributed by atoms with van der Waals surface area (Å²) < 4.78 is 4.95. The normalized spacial score (nSPS) is 10.4. The van der Waals surface area contributed by atoms with Crippen molar-refractivity contribution in [3.8, 4) is 0 Å². The quantitative estimate of drug-likeness (QED) is 0.857. The molecule has 0 bridgehead atoms. The topological polar surface area (TPSA) is 72.4 Å². The van der Waals surface area contributed by atoms with Crippen LogP contribution in [0.3, 0.4) is 0 Å². The van der Waals surface area contributed by atoms with E-state index in [4.69, 9.17) is 10.3 Å². The third kappa shape index (κ3) is 2.93. The molecule has 1 aromatic carbocycles. The van der Waals surface area contributed by atoms with Crippen LogP contribution in [0.15, 0.2) is 34.9 Å². The van der Waals surface area contributed by atoms with Crippen molar-refractivity contribution in [2.45, 2.75) is 20.3 Å². The molecule has 2 N–H and O–H groups in total. The number of benzene rings is 1. The second-order valence-electron chi connectivity index (χ2n) is 4.37. The molecule has 2 aromatic rings. The number of amides is 1. The standard InChI is InChI=1S/C14H17N3O2/c1-3-8-17(12-6-4-11(15)5-7-12)14(18)13-9-10(2)19-16-13/h4-7,9H,3,8,15H2,1-2H3. The monoisotopic (exact) mass is 259 g/mol. The first kappa shape index (κ1) is 13.1. The van der Waals surface area contributed by atoms with Crippen LogP contribution in [0.5, 0.6) is 0 Å². The molecule has 5 nitrogen and oxygen atoms in total. The molecule has 100 valence electrons. The Bertz CT molecular complexity index is 560. The van der Waals surface area contributed by atoms with Gasteiger partial charge in [-0.15, -0.1) is 0 Å². The van der Waals surface area contributed by atoms with E-state index in [1.54, 1.807) is 30.0 Å². The SMILES string of the molecule is CCCN(C(=O)c1cc(C)on1)c1ccc(N)cc1. The summed E-state index contributed by atoms with van der Waals surface area (Å²) in [5.74, 6) is 0.459. The van der Waals surface area contributed by atoms with Gasteiger partial charge in [0.15, 0.2) is 5.69 Å². The number of nitrogens with zero attached hydrogens (tertiary/aromatic N) is 2. The third-order valence-electron chi connectivity index (χ3n) is 2.74. The summed E-state index contributed by atoms with van der Waals surface area (Å²) >= 11 is 0. The van der Waals surface area contributed by atoms with Gasteiger partial charge in [0.05, 0.1) is 0 Å². The Morgan fingerprint density at radius 1 is 1.37 bits per heavy atom. The van der Waals surface area contributed by atoms with Crippen LogP contribution in [0, 0.1) is 6.92 Å². The van der Waals surface area contributed by atoms with Crippen LogP contribution in [0.4, 0.5) is 11.4 Å². The van der Waals surface area contributed by atoms with E-state index in [0.717, 1.165) is 12.1 Å². The molecule has 2 rings (SSSR count). The number of nitrogens with two attached hydrogens (primary N) is 1. The number of carbonyl (C=O) groups is 1. The number of aryl methyl sites for hydroxylation is 1. The number of aromatic nitrogens is 1. The zero-order chi connectivity index (χ0) is 13.8. The lowest BCUT2D eigenvalue weighted by Crippen LogP contribution is -2.31. The Morgan fingerprint density at radius 3 is 2.58 bits per heavy atom. The molecule has 0 radical (unpaired) electrons. The molecule has 0 spiro atoms. The predicted octanol–water partition coefficient (Wildman–Crippen LogP) is 2.62. The van der Waals surface area contributed by atoms with Crippen molar-refractivity contribution in [2.75, 3.05) is 17.2 Å². The molecular weight excluding hydrogens is 242 g/mol. The second-order valence-corrected chi connectivity index (χ2v) is 4.37. The average Bonchev–Trinajstić information content (AvgIpc) is 2.83. The molecule has 1 amide bonds. The van der Waals surface area contributed by atoms with Crippen LogP contribution in [-0.2, 0) is 0 Å². The largest absolute Gasteiger partial charge is 0.399 e. The lowest BCUT2D eigenvalue weighted by atomic mass is 10.2. The minimum Gasteiger partial charge on any atom is -0.399 e. The van der Waals surface area contributed by atoms with Crippen LogP contribution in [0.2, 0.25) is 0 Å². The number of carbonyl (C=O) groups excluding carboxylic acids is 1. The zero-order valence-electron chi connectivity index (χ0n) is 11.1. The molecule has 0 fully saturated rings. The molecule has 1 aromatic heterocycles. The number of anilines is 2. The lowest BCUT2D eigenvalue weighted by Gasteiger charge is -2.21. The van der Waals surface area contributed by atoms with Gasteiger partial charge in [-0.2, -0.15) is 0 Å². The Balaban J connectivity index is 2.29. The molecule has 19 heavy (non-hydrogen) atoms. The maximum Gasteiger partial charge on any atom is 0.280 e. The smallest absolute Gasteiger partial charge is 0.280 e. The summed E-state index contributed by atoms with van der Waals surface area (Å²) in [7, 11) is 0. The van der Waals surface area contributed by atoms with Crippen molar-refractivity contribution >= 4 is 17.3 Å². The van der Waals surface area contributed by atoms with Crippen LogP contribution in [0.25, 0.3) is 0 Å². The number of rotatable bonds is 4.